The standard InChI is InChI=1S/C39H70N6O30/c40-13-19(53)25(8(2-46)64-31(13)61)68-33-15(42)21(55)27(10(4-48)66-33)70-35-17(44)23(57)29(59)38(6-50,72-35)1-12(52)74-75-37(63)39(7-51)30(60)24(58)18(45)36(73-39)71-28-11(5-49)67-34(16(43)22(28)56)69-26-9(3-47)65-32(62)14(41)20(26)54/h8-11,13-36,46-51,53-62H,1-7,40-45H2/t8-,9-,10-,11-,13-,14-,15-,16-,17-,18-,19-,20-,21-,22-,23-,24-,25?,26?,27?,28?,29+,30+,31-,32-,33+,34+,35+,36+,38-,39-/m1/s1. The highest BCUT2D eigenvalue weighted by Gasteiger charge is 2.62. The lowest BCUT2D eigenvalue weighted by molar-refractivity contribution is -0.365. The summed E-state index contributed by atoms with van der Waals surface area (Å²) in [7, 11) is 0. The molecule has 0 amide bonds. The fourth-order valence-corrected chi connectivity index (χ4v) is 9.34. The van der Waals surface area contributed by atoms with Crippen LogP contribution in [0.1, 0.15) is 6.42 Å². The van der Waals surface area contributed by atoms with Crippen molar-refractivity contribution < 1.29 is 148 Å². The predicted molar refractivity (Wildman–Crippen MR) is 229 cm³/mol. The van der Waals surface area contributed by atoms with Crippen molar-refractivity contribution in [2.75, 3.05) is 39.6 Å². The molecule has 0 aromatic carbocycles. The second kappa shape index (κ2) is 25.4. The second-order valence-electron chi connectivity index (χ2n) is 18.9. The molecule has 6 rings (SSSR count). The maximum atomic E-state index is 13.6. The third-order valence-electron chi connectivity index (χ3n) is 14.1. The van der Waals surface area contributed by atoms with Crippen LogP contribution >= 0.6 is 0 Å². The average molecular weight is 1100 g/mol. The van der Waals surface area contributed by atoms with E-state index in [-0.39, 0.29) is 0 Å². The van der Waals surface area contributed by atoms with Crippen LogP contribution in [0.4, 0.5) is 0 Å². The number of ether oxygens (including phenoxy) is 10. The first-order valence-corrected chi connectivity index (χ1v) is 23.3. The van der Waals surface area contributed by atoms with Gasteiger partial charge in [-0.05, 0) is 0 Å². The molecule has 30 atom stereocenters. The van der Waals surface area contributed by atoms with Gasteiger partial charge in [-0.3, -0.25) is 0 Å². The number of hydrogen-bond donors (Lipinski definition) is 22. The molecular formula is C39H70N6O30. The van der Waals surface area contributed by atoms with E-state index in [1.165, 1.54) is 0 Å². The molecule has 36 nitrogen and oxygen atoms in total. The van der Waals surface area contributed by atoms with Gasteiger partial charge in [0.25, 0.3) is 0 Å². The van der Waals surface area contributed by atoms with Gasteiger partial charge in [0.15, 0.2) is 37.7 Å². The predicted octanol–water partition coefficient (Wildman–Crippen LogP) is -16.2. The van der Waals surface area contributed by atoms with Gasteiger partial charge in [0.05, 0.1) is 82.3 Å². The van der Waals surface area contributed by atoms with Gasteiger partial charge in [-0.1, -0.05) is 0 Å². The van der Waals surface area contributed by atoms with Crippen molar-refractivity contribution in [2.24, 2.45) is 34.4 Å². The summed E-state index contributed by atoms with van der Waals surface area (Å²) in [6, 6.07) is -9.79. The number of aliphatic hydroxyl groups is 16. The zero-order valence-corrected chi connectivity index (χ0v) is 39.5. The Kier molecular flexibility index (Phi) is 21.0. The number of nitrogens with two attached hydrogens (primary N) is 6. The van der Waals surface area contributed by atoms with Crippen LogP contribution in [-0.4, -0.2) is 316 Å². The Morgan fingerprint density at radius 1 is 0.413 bits per heavy atom. The first kappa shape index (κ1) is 61.9. The van der Waals surface area contributed by atoms with Gasteiger partial charge in [-0.2, -0.15) is 0 Å². The van der Waals surface area contributed by atoms with Crippen molar-refractivity contribution in [1.29, 1.82) is 0 Å². The third kappa shape index (κ3) is 12.1. The van der Waals surface area contributed by atoms with Crippen LogP contribution in [0.3, 0.4) is 0 Å². The number of carbonyl (C=O) groups is 2. The van der Waals surface area contributed by atoms with Crippen molar-refractivity contribution >= 4 is 11.9 Å². The summed E-state index contributed by atoms with van der Waals surface area (Å²) in [5.74, 6) is -3.69. The van der Waals surface area contributed by atoms with Gasteiger partial charge in [0.1, 0.15) is 103 Å². The van der Waals surface area contributed by atoms with Gasteiger partial charge in [-0.25, -0.2) is 19.4 Å². The molecule has 28 N–H and O–H groups in total. The Morgan fingerprint density at radius 3 is 1.15 bits per heavy atom. The largest absolute Gasteiger partial charge is 0.394 e. The zero-order chi connectivity index (χ0) is 55.8. The minimum absolute atomic E-state index is 0.798. The Balaban J connectivity index is 1.11. The van der Waals surface area contributed by atoms with E-state index in [1.807, 2.05) is 0 Å². The van der Waals surface area contributed by atoms with Crippen LogP contribution in [-0.2, 0) is 66.7 Å². The lowest BCUT2D eigenvalue weighted by atomic mass is 9.84. The molecule has 0 aliphatic carbocycles. The molecule has 36 heteroatoms. The Morgan fingerprint density at radius 2 is 0.760 bits per heavy atom. The average Bonchev–Trinajstić information content (AvgIpc) is 3.40. The van der Waals surface area contributed by atoms with Crippen LogP contribution in [0, 0.1) is 0 Å². The molecule has 6 saturated heterocycles. The summed E-state index contributed by atoms with van der Waals surface area (Å²) >= 11 is 0. The highest BCUT2D eigenvalue weighted by Crippen LogP contribution is 2.38. The monoisotopic (exact) mass is 1100 g/mol. The first-order valence-electron chi connectivity index (χ1n) is 23.3. The molecular weight excluding hydrogens is 1030 g/mol. The smallest absolute Gasteiger partial charge is 0.392 e. The first-order chi connectivity index (χ1) is 35.3. The number of hydrogen-bond acceptors (Lipinski definition) is 36. The molecule has 0 aromatic rings. The second-order valence-corrected chi connectivity index (χ2v) is 18.9. The molecule has 6 aliphatic rings. The van der Waals surface area contributed by atoms with Gasteiger partial charge in [0.2, 0.25) is 5.60 Å². The molecule has 6 fully saturated rings. The van der Waals surface area contributed by atoms with E-state index in [0.717, 1.165) is 0 Å². The highest BCUT2D eigenvalue weighted by atomic mass is 17.2. The normalized spacial score (nSPS) is 50.7. The molecule has 0 saturated carbocycles. The van der Waals surface area contributed by atoms with Crippen molar-refractivity contribution in [3.8, 4) is 0 Å². The quantitative estimate of drug-likeness (QED) is 0.0475. The molecule has 0 bridgehead atoms. The number of aliphatic hydroxyl groups excluding tert-OH is 16. The molecule has 4 unspecified atom stereocenters. The third-order valence-corrected chi connectivity index (χ3v) is 14.1. The molecule has 436 valence electrons. The van der Waals surface area contributed by atoms with Gasteiger partial charge in [0, 0.05) is 0 Å². The van der Waals surface area contributed by atoms with Crippen molar-refractivity contribution in [3.05, 3.63) is 0 Å². The van der Waals surface area contributed by atoms with E-state index in [1.54, 1.807) is 0 Å². The number of carbonyl (C=O) groups excluding carboxylic acids is 2. The molecule has 6 aliphatic heterocycles. The summed E-state index contributed by atoms with van der Waals surface area (Å²) < 4.78 is 55.9. The Hall–Kier alpha value is -2.34. The van der Waals surface area contributed by atoms with Crippen LogP contribution in [0.2, 0.25) is 0 Å². The van der Waals surface area contributed by atoms with Crippen molar-refractivity contribution in [1.82, 2.24) is 0 Å². The van der Waals surface area contributed by atoms with E-state index in [9.17, 15) is 91.3 Å². The van der Waals surface area contributed by atoms with E-state index in [2.05, 4.69) is 9.78 Å². The summed E-state index contributed by atoms with van der Waals surface area (Å²) in [5.41, 5.74) is 30.2. The van der Waals surface area contributed by atoms with E-state index in [0.29, 0.717) is 0 Å². The van der Waals surface area contributed by atoms with Crippen LogP contribution < -0.4 is 34.4 Å². The molecule has 75 heavy (non-hydrogen) atoms. The summed E-state index contributed by atoms with van der Waals surface area (Å²) in [5, 5.41) is 169. The topological polar surface area (TPSA) is 625 Å². The summed E-state index contributed by atoms with van der Waals surface area (Å²) in [4.78, 5) is 36.2. The highest BCUT2D eigenvalue weighted by molar-refractivity contribution is 5.82. The Bertz CT molecular complexity index is 1860. The van der Waals surface area contributed by atoms with E-state index < -0.39 is 241 Å². The molecule has 0 radical (unpaired) electrons. The van der Waals surface area contributed by atoms with Crippen LogP contribution in [0.15, 0.2) is 0 Å². The van der Waals surface area contributed by atoms with Gasteiger partial charge in [-0.15, -0.1) is 0 Å². The minimum Gasteiger partial charge on any atom is -0.394 e. The minimum atomic E-state index is -3.17. The van der Waals surface area contributed by atoms with Crippen LogP contribution in [0.25, 0.3) is 0 Å². The lowest BCUT2D eigenvalue weighted by Crippen LogP contribution is -2.73. The number of rotatable bonds is 17. The van der Waals surface area contributed by atoms with Crippen molar-refractivity contribution in [2.45, 2.75) is 189 Å². The fourth-order valence-electron chi connectivity index (χ4n) is 9.34. The fraction of sp³-hybridized carbons (Fsp3) is 0.949. The lowest BCUT2D eigenvalue weighted by Gasteiger charge is -2.51. The Labute approximate surface area is 423 Å². The van der Waals surface area contributed by atoms with Crippen molar-refractivity contribution in [3.63, 3.8) is 0 Å². The van der Waals surface area contributed by atoms with Crippen LogP contribution in [0.5, 0.6) is 0 Å². The van der Waals surface area contributed by atoms with E-state index in [4.69, 9.17) is 81.8 Å². The zero-order valence-electron chi connectivity index (χ0n) is 39.5. The summed E-state index contributed by atoms with van der Waals surface area (Å²) in [6.07, 6.45) is -41.5. The molecule has 0 spiro atoms. The molecule has 6 heterocycles. The molecule has 0 aromatic heterocycles. The maximum absolute atomic E-state index is 13.6. The van der Waals surface area contributed by atoms with E-state index >= 15 is 0 Å². The SMILES string of the molecule is N[C@H]1[C@@H](OC2[C@@H](CO)O[C@@H](OC3[C@@H](CO)O[C@@H](O)[C@H](N)[C@H]3O)[C@H](N)[C@H]2O)O[C@@](CO)(CC(=O)OOC(=O)[C@]2(CO)O[C@H](OC3[C@@H](CO)O[C@@H](OC4[C@@H](CO)O[C@@H](O)[C@H](N)[C@H]4O)[C@H](N)[C@H]3O)[C@H](N)[C@@H](O)[C@@H]2O)[C@@H](O)[C@@H]1O. The summed E-state index contributed by atoms with van der Waals surface area (Å²) in [6.45, 7) is -6.54. The van der Waals surface area contributed by atoms with Gasteiger partial charge >= 0.3 is 11.9 Å². The van der Waals surface area contributed by atoms with Gasteiger partial charge < -0.3 is 163 Å². The maximum Gasteiger partial charge on any atom is 0.392 e.